The number of nitrogens with zero attached hydrogens (tertiary/aromatic N) is 1. The van der Waals surface area contributed by atoms with Gasteiger partial charge < -0.3 is 28.9 Å². The molecule has 1 aliphatic rings. The predicted molar refractivity (Wildman–Crippen MR) is 145 cm³/mol. The molecule has 0 spiro atoms. The minimum Gasteiger partial charge on any atom is -0.461 e. The molecule has 0 radical (unpaired) electrons. The molecule has 6 atom stereocenters. The number of hydrogen-bond donors (Lipinski definition) is 4. The Labute approximate surface area is 236 Å². The van der Waals surface area contributed by atoms with Gasteiger partial charge in [-0.25, -0.2) is 9.36 Å². The van der Waals surface area contributed by atoms with Crippen LogP contribution in [0.25, 0.3) is 0 Å². The van der Waals surface area contributed by atoms with Gasteiger partial charge in [-0.15, -0.1) is 6.42 Å². The summed E-state index contributed by atoms with van der Waals surface area (Å²) in [5.74, 6) is 1.40. The number of nitrogens with one attached hydrogen (secondary N) is 2. The number of ether oxygens (including phenoxy) is 3. The van der Waals surface area contributed by atoms with Crippen molar-refractivity contribution in [3.05, 3.63) is 63.4 Å². The summed E-state index contributed by atoms with van der Waals surface area (Å²) in [6.07, 6.45) is 3.27. The highest BCUT2D eigenvalue weighted by Crippen LogP contribution is 2.48. The van der Waals surface area contributed by atoms with Crippen LogP contribution in [-0.2, 0) is 33.8 Å². The molecule has 1 fully saturated rings. The highest BCUT2D eigenvalue weighted by molar-refractivity contribution is 7.52. The average Bonchev–Trinajstić information content (AvgIpc) is 3.12. The van der Waals surface area contributed by atoms with Crippen molar-refractivity contribution in [1.82, 2.24) is 14.6 Å². The highest BCUT2D eigenvalue weighted by atomic mass is 31.2. The first-order valence-corrected chi connectivity index (χ1v) is 14.0. The molecule has 1 unspecified atom stereocenters. The molecule has 2 aromatic rings. The molecule has 0 bridgehead atoms. The Morgan fingerprint density at radius 2 is 1.98 bits per heavy atom. The number of methoxy groups -OCH3 is 1. The van der Waals surface area contributed by atoms with Crippen LogP contribution in [-0.4, -0.2) is 75.5 Å². The fourth-order valence-electron chi connectivity index (χ4n) is 3.93. The van der Waals surface area contributed by atoms with E-state index in [1.54, 1.807) is 32.0 Å². The second-order valence-electron chi connectivity index (χ2n) is 10.1. The Balaban J connectivity index is 1.85. The van der Waals surface area contributed by atoms with E-state index in [0.717, 1.165) is 16.8 Å². The number of rotatable bonds is 12. The third-order valence-corrected chi connectivity index (χ3v) is 8.21. The van der Waals surface area contributed by atoms with Crippen molar-refractivity contribution in [2.45, 2.75) is 62.9 Å². The number of esters is 1. The van der Waals surface area contributed by atoms with E-state index in [0.29, 0.717) is 0 Å². The number of carbonyl (C=O) groups excluding carboxylic acids is 1. The Morgan fingerprint density at radius 1 is 1.32 bits per heavy atom. The molecule has 41 heavy (non-hydrogen) atoms. The maximum Gasteiger partial charge on any atom is 0.459 e. The Hall–Kier alpha value is -3.28. The largest absolute Gasteiger partial charge is 0.461 e. The molecule has 15 heteroatoms. The normalized spacial score (nSPS) is 26.5. The summed E-state index contributed by atoms with van der Waals surface area (Å²) >= 11 is 0. The number of terminal acetylenes is 1. The molecule has 1 saturated heterocycles. The molecule has 14 nitrogen and oxygen atoms in total. The minimum absolute atomic E-state index is 0.0888. The molecular weight excluding hydrogens is 561 g/mol. The zero-order valence-electron chi connectivity index (χ0n) is 23.2. The SMILES string of the molecule is C#C[C@@]1(O)[C@H](O)[C@@H](COP(=O)(N[C@@H](C)C(=O)OCC(C)(C)OC)Oc2ccccc2)O[C@@]1(C)n1ccc(=O)[nH]c1=O. The van der Waals surface area contributed by atoms with Gasteiger partial charge in [-0.1, -0.05) is 24.1 Å². The molecule has 224 valence electrons. The van der Waals surface area contributed by atoms with E-state index < -0.39 is 66.7 Å². The molecule has 0 amide bonds. The van der Waals surface area contributed by atoms with Crippen LogP contribution in [0.2, 0.25) is 0 Å². The molecule has 3 rings (SSSR count). The Bertz CT molecular complexity index is 1440. The topological polar surface area (TPSA) is 188 Å². The number of para-hydroxylation sites is 1. The summed E-state index contributed by atoms with van der Waals surface area (Å²) in [5.41, 5.74) is -7.02. The van der Waals surface area contributed by atoms with Gasteiger partial charge in [-0.3, -0.25) is 23.7 Å². The van der Waals surface area contributed by atoms with Crippen LogP contribution in [0.4, 0.5) is 0 Å². The van der Waals surface area contributed by atoms with Gasteiger partial charge in [-0.05, 0) is 39.8 Å². The number of hydrogen-bond acceptors (Lipinski definition) is 11. The lowest BCUT2D eigenvalue weighted by Crippen LogP contribution is -2.58. The fraction of sp³-hybridized carbons (Fsp3) is 0.500. The molecule has 1 aromatic heterocycles. The lowest BCUT2D eigenvalue weighted by molar-refractivity contribution is -0.161. The summed E-state index contributed by atoms with van der Waals surface area (Å²) in [6.45, 7) is 5.26. The lowest BCUT2D eigenvalue weighted by atomic mass is 9.87. The number of aromatic nitrogens is 2. The van der Waals surface area contributed by atoms with Crippen LogP contribution in [0.3, 0.4) is 0 Å². The lowest BCUT2D eigenvalue weighted by Gasteiger charge is -2.36. The maximum absolute atomic E-state index is 13.8. The van der Waals surface area contributed by atoms with E-state index in [4.69, 9.17) is 29.7 Å². The van der Waals surface area contributed by atoms with Gasteiger partial charge in [-0.2, -0.15) is 5.09 Å². The van der Waals surface area contributed by atoms with E-state index >= 15 is 0 Å². The van der Waals surface area contributed by atoms with E-state index in [-0.39, 0.29) is 12.4 Å². The zero-order chi connectivity index (χ0) is 30.6. The van der Waals surface area contributed by atoms with Gasteiger partial charge in [0.25, 0.3) is 5.56 Å². The average molecular weight is 596 g/mol. The van der Waals surface area contributed by atoms with Crippen molar-refractivity contribution < 1.29 is 42.8 Å². The summed E-state index contributed by atoms with van der Waals surface area (Å²) in [5, 5.41) is 24.7. The van der Waals surface area contributed by atoms with Crippen LogP contribution in [0.1, 0.15) is 27.7 Å². The van der Waals surface area contributed by atoms with Crippen molar-refractivity contribution >= 4 is 13.7 Å². The third-order valence-electron chi connectivity index (χ3n) is 6.57. The first-order chi connectivity index (χ1) is 19.1. The molecule has 0 saturated carbocycles. The standard InChI is InChI=1S/C26H34N3O11P/c1-7-26(34)21(31)19(39-25(26,5)29-14-13-20(30)27-23(29)33)15-38-41(35,40-18-11-9-8-10-12-18)28-17(2)22(32)37-16-24(3,4)36-6/h1,8-14,17,19,21,31,34H,15-16H2,2-6H3,(H,28,35)(H,27,30,33)/t17-,19+,21+,25+,26+,41?/m0/s1. The van der Waals surface area contributed by atoms with Crippen molar-refractivity contribution in [2.24, 2.45) is 0 Å². The summed E-state index contributed by atoms with van der Waals surface area (Å²) < 4.78 is 42.1. The van der Waals surface area contributed by atoms with Gasteiger partial charge in [0, 0.05) is 19.4 Å². The van der Waals surface area contributed by atoms with Gasteiger partial charge in [0.1, 0.15) is 30.6 Å². The molecular formula is C26H34N3O11P. The first kappa shape index (κ1) is 32.2. The second kappa shape index (κ2) is 12.3. The molecule has 4 N–H and O–H groups in total. The molecule has 1 aromatic carbocycles. The van der Waals surface area contributed by atoms with Crippen LogP contribution >= 0.6 is 7.75 Å². The Kier molecular flexibility index (Phi) is 9.67. The van der Waals surface area contributed by atoms with E-state index in [2.05, 4.69) is 11.0 Å². The van der Waals surface area contributed by atoms with Gasteiger partial charge in [0.15, 0.2) is 5.72 Å². The van der Waals surface area contributed by atoms with Crippen LogP contribution in [0.5, 0.6) is 5.75 Å². The molecule has 2 heterocycles. The van der Waals surface area contributed by atoms with Crippen LogP contribution in [0, 0.1) is 12.3 Å². The number of H-pyrrole nitrogens is 1. The van der Waals surface area contributed by atoms with E-state index in [1.807, 2.05) is 4.98 Å². The number of aliphatic hydroxyl groups excluding tert-OH is 1. The van der Waals surface area contributed by atoms with Gasteiger partial charge >= 0.3 is 19.4 Å². The van der Waals surface area contributed by atoms with Gasteiger partial charge in [0.05, 0.1) is 12.2 Å². The number of carbonyl (C=O) groups is 1. The van der Waals surface area contributed by atoms with Gasteiger partial charge in [0.2, 0.25) is 5.60 Å². The first-order valence-electron chi connectivity index (χ1n) is 12.5. The monoisotopic (exact) mass is 595 g/mol. The summed E-state index contributed by atoms with van der Waals surface area (Å²) in [7, 11) is -2.94. The fourth-order valence-corrected chi connectivity index (χ4v) is 5.43. The number of benzene rings is 1. The van der Waals surface area contributed by atoms with Crippen LogP contribution < -0.4 is 20.9 Å². The zero-order valence-corrected chi connectivity index (χ0v) is 24.1. The number of aromatic amines is 1. The Morgan fingerprint density at radius 3 is 2.56 bits per heavy atom. The number of aliphatic hydroxyl groups is 2. The maximum atomic E-state index is 13.8. The molecule has 0 aliphatic carbocycles. The van der Waals surface area contributed by atoms with Crippen molar-refractivity contribution in [2.75, 3.05) is 20.3 Å². The summed E-state index contributed by atoms with van der Waals surface area (Å²) in [6, 6.07) is 7.75. The van der Waals surface area contributed by atoms with Crippen molar-refractivity contribution in [1.29, 1.82) is 0 Å². The minimum atomic E-state index is -4.40. The van der Waals surface area contributed by atoms with Crippen LogP contribution in [0.15, 0.2) is 52.2 Å². The van der Waals surface area contributed by atoms with E-state index in [1.165, 1.54) is 33.1 Å². The predicted octanol–water partition coefficient (Wildman–Crippen LogP) is 0.483. The summed E-state index contributed by atoms with van der Waals surface area (Å²) in [4.78, 5) is 38.7. The van der Waals surface area contributed by atoms with Crippen molar-refractivity contribution in [3.63, 3.8) is 0 Å². The highest BCUT2D eigenvalue weighted by Gasteiger charge is 2.64. The quantitative estimate of drug-likeness (QED) is 0.151. The van der Waals surface area contributed by atoms with Crippen molar-refractivity contribution in [3.8, 4) is 18.1 Å². The molecule has 1 aliphatic heterocycles. The third kappa shape index (κ3) is 6.97. The smallest absolute Gasteiger partial charge is 0.459 e. The second-order valence-corrected chi connectivity index (χ2v) is 11.8. The van der Waals surface area contributed by atoms with E-state index in [9.17, 15) is 29.2 Å².